The van der Waals surface area contributed by atoms with Gasteiger partial charge in [-0.05, 0) is 38.8 Å². The fraction of sp³-hybridized carbons (Fsp3) is 0.929. The average Bonchev–Trinajstić information content (AvgIpc) is 2.60. The second kappa shape index (κ2) is 9.00. The molecule has 1 heterocycles. The SMILES string of the molecule is CN1CCC(CN=C(N)NC2CCCCCC2)C1.I. The minimum absolute atomic E-state index is 0. The van der Waals surface area contributed by atoms with Gasteiger partial charge in [0.15, 0.2) is 5.96 Å². The van der Waals surface area contributed by atoms with Crippen molar-refractivity contribution in [2.75, 3.05) is 26.7 Å². The lowest BCUT2D eigenvalue weighted by molar-refractivity contribution is 0.397. The Kier molecular flexibility index (Phi) is 8.06. The van der Waals surface area contributed by atoms with Crippen LogP contribution in [0.3, 0.4) is 0 Å². The van der Waals surface area contributed by atoms with E-state index in [2.05, 4.69) is 22.3 Å². The van der Waals surface area contributed by atoms with Gasteiger partial charge in [0.2, 0.25) is 0 Å². The van der Waals surface area contributed by atoms with E-state index >= 15 is 0 Å². The summed E-state index contributed by atoms with van der Waals surface area (Å²) in [5.41, 5.74) is 5.99. The molecule has 0 aromatic carbocycles. The molecule has 1 aliphatic carbocycles. The Balaban J connectivity index is 0.00000180. The lowest BCUT2D eigenvalue weighted by atomic mass is 10.1. The molecule has 0 amide bonds. The molecule has 2 rings (SSSR count). The Morgan fingerprint density at radius 2 is 1.89 bits per heavy atom. The Morgan fingerprint density at radius 1 is 1.21 bits per heavy atom. The molecule has 0 aromatic rings. The molecule has 0 radical (unpaired) electrons. The Labute approximate surface area is 134 Å². The van der Waals surface area contributed by atoms with Gasteiger partial charge in [-0.1, -0.05) is 25.7 Å². The first-order chi connectivity index (χ1) is 8.74. The monoisotopic (exact) mass is 380 g/mol. The van der Waals surface area contributed by atoms with E-state index in [9.17, 15) is 0 Å². The molecule has 19 heavy (non-hydrogen) atoms. The second-order valence-corrected chi connectivity index (χ2v) is 5.98. The highest BCUT2D eigenvalue weighted by atomic mass is 127. The molecule has 112 valence electrons. The fourth-order valence-corrected chi connectivity index (χ4v) is 3.08. The quantitative estimate of drug-likeness (QED) is 0.342. The summed E-state index contributed by atoms with van der Waals surface area (Å²) in [4.78, 5) is 6.89. The van der Waals surface area contributed by atoms with Crippen LogP contribution in [0.2, 0.25) is 0 Å². The molecule has 0 bridgehead atoms. The third-order valence-corrected chi connectivity index (χ3v) is 4.22. The van der Waals surface area contributed by atoms with Crippen molar-refractivity contribution in [1.82, 2.24) is 10.2 Å². The minimum atomic E-state index is 0. The molecule has 2 aliphatic rings. The summed E-state index contributed by atoms with van der Waals surface area (Å²) in [5.74, 6) is 1.36. The molecule has 0 aromatic heterocycles. The van der Waals surface area contributed by atoms with Crippen molar-refractivity contribution in [3.05, 3.63) is 0 Å². The number of nitrogens with two attached hydrogens (primary N) is 1. The number of guanidine groups is 1. The Morgan fingerprint density at radius 3 is 2.47 bits per heavy atom. The van der Waals surface area contributed by atoms with Gasteiger partial charge in [0.25, 0.3) is 0 Å². The highest BCUT2D eigenvalue weighted by molar-refractivity contribution is 14.0. The van der Waals surface area contributed by atoms with Gasteiger partial charge >= 0.3 is 0 Å². The molecular weight excluding hydrogens is 351 g/mol. The highest BCUT2D eigenvalue weighted by Crippen LogP contribution is 2.17. The Bertz CT molecular complexity index is 275. The maximum absolute atomic E-state index is 5.99. The van der Waals surface area contributed by atoms with Crippen LogP contribution in [-0.2, 0) is 0 Å². The number of hydrogen-bond acceptors (Lipinski definition) is 2. The van der Waals surface area contributed by atoms with Gasteiger partial charge in [-0.3, -0.25) is 4.99 Å². The van der Waals surface area contributed by atoms with Gasteiger partial charge < -0.3 is 16.0 Å². The van der Waals surface area contributed by atoms with Crippen LogP contribution in [0.15, 0.2) is 4.99 Å². The van der Waals surface area contributed by atoms with Crippen molar-refractivity contribution >= 4 is 29.9 Å². The molecule has 1 saturated carbocycles. The molecule has 5 heteroatoms. The minimum Gasteiger partial charge on any atom is -0.370 e. The van der Waals surface area contributed by atoms with Crippen LogP contribution >= 0.6 is 24.0 Å². The summed E-state index contributed by atoms with van der Waals surface area (Å²) in [7, 11) is 2.18. The van der Waals surface area contributed by atoms with Crippen LogP contribution in [0, 0.1) is 5.92 Å². The van der Waals surface area contributed by atoms with E-state index in [1.807, 2.05) is 0 Å². The Hall–Kier alpha value is -0.0400. The second-order valence-electron chi connectivity index (χ2n) is 5.98. The number of likely N-dealkylation sites (tertiary alicyclic amines) is 1. The summed E-state index contributed by atoms with van der Waals surface area (Å²) >= 11 is 0. The summed E-state index contributed by atoms with van der Waals surface area (Å²) < 4.78 is 0. The molecule has 3 N–H and O–H groups in total. The number of nitrogens with one attached hydrogen (secondary N) is 1. The summed E-state index contributed by atoms with van der Waals surface area (Å²) in [6.07, 6.45) is 9.19. The van der Waals surface area contributed by atoms with Gasteiger partial charge in [0.1, 0.15) is 0 Å². The third kappa shape index (κ3) is 6.29. The van der Waals surface area contributed by atoms with Crippen molar-refractivity contribution in [1.29, 1.82) is 0 Å². The summed E-state index contributed by atoms with van der Waals surface area (Å²) in [5, 5.41) is 3.41. The van der Waals surface area contributed by atoms with Gasteiger partial charge in [-0.2, -0.15) is 0 Å². The maximum atomic E-state index is 5.99. The van der Waals surface area contributed by atoms with Crippen LogP contribution < -0.4 is 11.1 Å². The fourth-order valence-electron chi connectivity index (χ4n) is 3.08. The topological polar surface area (TPSA) is 53.6 Å². The normalized spacial score (nSPS) is 26.8. The van der Waals surface area contributed by atoms with Crippen molar-refractivity contribution < 1.29 is 0 Å². The average molecular weight is 380 g/mol. The van der Waals surface area contributed by atoms with E-state index in [0.29, 0.717) is 17.9 Å². The van der Waals surface area contributed by atoms with Crippen molar-refractivity contribution in [2.45, 2.75) is 51.0 Å². The van der Waals surface area contributed by atoms with Crippen molar-refractivity contribution in [2.24, 2.45) is 16.6 Å². The van der Waals surface area contributed by atoms with Gasteiger partial charge in [-0.25, -0.2) is 0 Å². The molecule has 1 unspecified atom stereocenters. The molecule has 1 aliphatic heterocycles. The predicted octanol–water partition coefficient (Wildman–Crippen LogP) is 2.18. The summed E-state index contributed by atoms with van der Waals surface area (Å²) in [6.45, 7) is 3.26. The zero-order valence-corrected chi connectivity index (χ0v) is 14.4. The smallest absolute Gasteiger partial charge is 0.188 e. The molecule has 0 spiro atoms. The van der Waals surface area contributed by atoms with Crippen molar-refractivity contribution in [3.63, 3.8) is 0 Å². The van der Waals surface area contributed by atoms with E-state index in [1.54, 1.807) is 0 Å². The number of aliphatic imine (C=N–C) groups is 1. The zero-order chi connectivity index (χ0) is 12.8. The third-order valence-electron chi connectivity index (χ3n) is 4.22. The lowest BCUT2D eigenvalue weighted by Gasteiger charge is -2.17. The molecule has 1 atom stereocenters. The van der Waals surface area contributed by atoms with Crippen LogP contribution in [0.5, 0.6) is 0 Å². The molecule has 2 fully saturated rings. The first-order valence-electron chi connectivity index (χ1n) is 7.49. The number of halogens is 1. The van der Waals surface area contributed by atoms with Crippen LogP contribution in [0.1, 0.15) is 44.9 Å². The van der Waals surface area contributed by atoms with E-state index < -0.39 is 0 Å². The number of hydrogen-bond donors (Lipinski definition) is 2. The van der Waals surface area contributed by atoms with E-state index in [0.717, 1.165) is 6.54 Å². The number of nitrogens with zero attached hydrogens (tertiary/aromatic N) is 2. The number of rotatable bonds is 3. The highest BCUT2D eigenvalue weighted by Gasteiger charge is 2.19. The van der Waals surface area contributed by atoms with Crippen LogP contribution in [-0.4, -0.2) is 43.6 Å². The molecular formula is C14H29IN4. The van der Waals surface area contributed by atoms with Crippen LogP contribution in [0.4, 0.5) is 0 Å². The maximum Gasteiger partial charge on any atom is 0.188 e. The summed E-state index contributed by atoms with van der Waals surface area (Å²) in [6, 6.07) is 0.558. The van der Waals surface area contributed by atoms with Crippen molar-refractivity contribution in [3.8, 4) is 0 Å². The van der Waals surface area contributed by atoms with E-state index in [-0.39, 0.29) is 24.0 Å². The largest absolute Gasteiger partial charge is 0.370 e. The standard InChI is InChI=1S/C14H28N4.HI/c1-18-9-8-12(11-18)10-16-14(15)17-13-6-4-2-3-5-7-13;/h12-13H,2-11H2,1H3,(H3,15,16,17);1H. The lowest BCUT2D eigenvalue weighted by Crippen LogP contribution is -2.40. The zero-order valence-electron chi connectivity index (χ0n) is 12.1. The molecule has 1 saturated heterocycles. The van der Waals surface area contributed by atoms with Crippen LogP contribution in [0.25, 0.3) is 0 Å². The van der Waals surface area contributed by atoms with Gasteiger partial charge in [0.05, 0.1) is 0 Å². The first-order valence-corrected chi connectivity index (χ1v) is 7.49. The predicted molar refractivity (Wildman–Crippen MR) is 92.1 cm³/mol. The van der Waals surface area contributed by atoms with Gasteiger partial charge in [0, 0.05) is 19.1 Å². The first kappa shape index (κ1) is 17.0. The van der Waals surface area contributed by atoms with Gasteiger partial charge in [-0.15, -0.1) is 24.0 Å². The van der Waals surface area contributed by atoms with E-state index in [4.69, 9.17) is 5.73 Å². The molecule has 4 nitrogen and oxygen atoms in total. The van der Waals surface area contributed by atoms with E-state index in [1.165, 1.54) is 58.0 Å².